The Hall–Kier alpha value is -0.220. The summed E-state index contributed by atoms with van der Waals surface area (Å²) in [6, 6.07) is 4.84. The standard InChI is InChI=1S/C17H21Br2NO/c1-21-16-8-15(13(18)7-14(16)19)20-17-11-3-9-2-10(5-11)6-12(17)4-9/h7-12,17,20H,2-6H2,1H3. The Morgan fingerprint density at radius 3 is 2.14 bits per heavy atom. The number of ether oxygens (including phenoxy) is 1. The minimum atomic E-state index is 0.653. The second-order valence-corrected chi connectivity index (χ2v) is 8.78. The lowest BCUT2D eigenvalue weighted by atomic mass is 9.54. The Morgan fingerprint density at radius 2 is 1.57 bits per heavy atom. The minimum absolute atomic E-state index is 0.653. The van der Waals surface area contributed by atoms with Crippen LogP contribution in [-0.2, 0) is 0 Å². The number of anilines is 1. The Labute approximate surface area is 143 Å². The van der Waals surface area contributed by atoms with E-state index in [1.54, 1.807) is 7.11 Å². The summed E-state index contributed by atoms with van der Waals surface area (Å²) in [6.07, 6.45) is 7.27. The van der Waals surface area contributed by atoms with Gasteiger partial charge in [0.15, 0.2) is 0 Å². The lowest BCUT2D eigenvalue weighted by Gasteiger charge is -2.54. The molecule has 4 saturated carbocycles. The maximum atomic E-state index is 5.44. The summed E-state index contributed by atoms with van der Waals surface area (Å²) in [4.78, 5) is 0. The van der Waals surface area contributed by atoms with Gasteiger partial charge in [0.25, 0.3) is 0 Å². The van der Waals surface area contributed by atoms with Crippen LogP contribution in [0.2, 0.25) is 0 Å². The van der Waals surface area contributed by atoms with Crippen LogP contribution >= 0.6 is 31.9 Å². The smallest absolute Gasteiger partial charge is 0.135 e. The minimum Gasteiger partial charge on any atom is -0.495 e. The van der Waals surface area contributed by atoms with E-state index in [0.717, 1.165) is 38.4 Å². The molecule has 5 rings (SSSR count). The number of methoxy groups -OCH3 is 1. The number of nitrogens with one attached hydrogen (secondary N) is 1. The molecule has 4 aliphatic rings. The van der Waals surface area contributed by atoms with Gasteiger partial charge in [-0.05, 0) is 93.7 Å². The van der Waals surface area contributed by atoms with E-state index in [2.05, 4.69) is 49.3 Å². The summed E-state index contributed by atoms with van der Waals surface area (Å²) in [5.41, 5.74) is 1.17. The molecule has 0 atom stereocenters. The van der Waals surface area contributed by atoms with Gasteiger partial charge in [0.2, 0.25) is 0 Å². The molecule has 0 saturated heterocycles. The summed E-state index contributed by atoms with van der Waals surface area (Å²) < 4.78 is 7.55. The molecule has 0 aliphatic heterocycles. The molecular weight excluding hydrogens is 394 g/mol. The van der Waals surface area contributed by atoms with Gasteiger partial charge in [0, 0.05) is 16.6 Å². The van der Waals surface area contributed by atoms with Crippen LogP contribution in [0.1, 0.15) is 32.1 Å². The molecule has 2 nitrogen and oxygen atoms in total. The highest BCUT2D eigenvalue weighted by molar-refractivity contribution is 9.11. The summed E-state index contributed by atoms with van der Waals surface area (Å²) >= 11 is 7.24. The average molecular weight is 415 g/mol. The SMILES string of the molecule is COc1cc(NC2C3CC4CC(C3)CC2C4)c(Br)cc1Br. The molecule has 4 fully saturated rings. The molecule has 4 bridgehead atoms. The zero-order valence-corrected chi connectivity index (χ0v) is 15.4. The molecule has 0 aromatic heterocycles. The van der Waals surface area contributed by atoms with Gasteiger partial charge in [-0.15, -0.1) is 0 Å². The second kappa shape index (κ2) is 5.45. The fraction of sp³-hybridized carbons (Fsp3) is 0.647. The predicted molar refractivity (Wildman–Crippen MR) is 92.8 cm³/mol. The van der Waals surface area contributed by atoms with E-state index in [9.17, 15) is 0 Å². The van der Waals surface area contributed by atoms with Crippen molar-refractivity contribution in [2.24, 2.45) is 23.7 Å². The summed E-state index contributed by atoms with van der Waals surface area (Å²) in [5.74, 6) is 4.69. The predicted octanol–water partition coefficient (Wildman–Crippen LogP) is 5.46. The molecule has 114 valence electrons. The van der Waals surface area contributed by atoms with E-state index in [0.29, 0.717) is 6.04 Å². The zero-order chi connectivity index (χ0) is 14.6. The van der Waals surface area contributed by atoms with Gasteiger partial charge >= 0.3 is 0 Å². The summed E-state index contributed by atoms with van der Waals surface area (Å²) in [6.45, 7) is 0. The van der Waals surface area contributed by atoms with E-state index < -0.39 is 0 Å². The molecule has 4 aliphatic carbocycles. The zero-order valence-electron chi connectivity index (χ0n) is 12.2. The highest BCUT2D eigenvalue weighted by Gasteiger charge is 2.48. The molecule has 0 amide bonds. The fourth-order valence-corrected chi connectivity index (χ4v) is 6.41. The van der Waals surface area contributed by atoms with Crippen LogP contribution in [0, 0.1) is 23.7 Å². The molecule has 1 aromatic rings. The number of rotatable bonds is 3. The first-order chi connectivity index (χ1) is 10.1. The van der Waals surface area contributed by atoms with Crippen molar-refractivity contribution in [1.29, 1.82) is 0 Å². The topological polar surface area (TPSA) is 21.3 Å². The Kier molecular flexibility index (Phi) is 3.73. The van der Waals surface area contributed by atoms with Crippen LogP contribution in [0.25, 0.3) is 0 Å². The lowest BCUT2D eigenvalue weighted by molar-refractivity contribution is 0.00751. The highest BCUT2D eigenvalue weighted by atomic mass is 79.9. The van der Waals surface area contributed by atoms with Crippen LogP contribution in [0.4, 0.5) is 5.69 Å². The third-order valence-corrected chi connectivity index (χ3v) is 7.07. The number of hydrogen-bond donors (Lipinski definition) is 1. The molecule has 4 heteroatoms. The summed E-state index contributed by atoms with van der Waals surface area (Å²) in [7, 11) is 1.72. The van der Waals surface area contributed by atoms with Crippen molar-refractivity contribution in [3.63, 3.8) is 0 Å². The van der Waals surface area contributed by atoms with Gasteiger partial charge in [-0.25, -0.2) is 0 Å². The first kappa shape index (κ1) is 14.4. The van der Waals surface area contributed by atoms with E-state index in [1.165, 1.54) is 37.8 Å². The van der Waals surface area contributed by atoms with Crippen LogP contribution in [-0.4, -0.2) is 13.2 Å². The monoisotopic (exact) mass is 413 g/mol. The van der Waals surface area contributed by atoms with Crippen molar-refractivity contribution in [3.8, 4) is 5.75 Å². The molecule has 0 spiro atoms. The van der Waals surface area contributed by atoms with Gasteiger partial charge in [0.1, 0.15) is 5.75 Å². The van der Waals surface area contributed by atoms with Crippen molar-refractivity contribution >= 4 is 37.5 Å². The Morgan fingerprint density at radius 1 is 0.952 bits per heavy atom. The van der Waals surface area contributed by atoms with Crippen LogP contribution < -0.4 is 10.1 Å². The molecule has 21 heavy (non-hydrogen) atoms. The largest absolute Gasteiger partial charge is 0.495 e. The van der Waals surface area contributed by atoms with Gasteiger partial charge < -0.3 is 10.1 Å². The van der Waals surface area contributed by atoms with Crippen LogP contribution in [0.15, 0.2) is 21.1 Å². The van der Waals surface area contributed by atoms with Gasteiger partial charge in [0.05, 0.1) is 17.3 Å². The first-order valence-electron chi connectivity index (χ1n) is 7.93. The lowest BCUT2D eigenvalue weighted by Crippen LogP contribution is -2.51. The van der Waals surface area contributed by atoms with Crippen molar-refractivity contribution in [3.05, 3.63) is 21.1 Å². The van der Waals surface area contributed by atoms with Crippen molar-refractivity contribution in [2.45, 2.75) is 38.1 Å². The number of benzene rings is 1. The molecule has 0 radical (unpaired) electrons. The quantitative estimate of drug-likeness (QED) is 0.709. The van der Waals surface area contributed by atoms with Crippen molar-refractivity contribution in [1.82, 2.24) is 0 Å². The van der Waals surface area contributed by atoms with Crippen molar-refractivity contribution in [2.75, 3.05) is 12.4 Å². The van der Waals surface area contributed by atoms with Gasteiger partial charge in [-0.2, -0.15) is 0 Å². The first-order valence-corrected chi connectivity index (χ1v) is 9.52. The molecule has 0 heterocycles. The van der Waals surface area contributed by atoms with E-state index in [4.69, 9.17) is 4.74 Å². The van der Waals surface area contributed by atoms with E-state index in [-0.39, 0.29) is 0 Å². The highest BCUT2D eigenvalue weighted by Crippen LogP contribution is 2.54. The van der Waals surface area contributed by atoms with Crippen molar-refractivity contribution < 1.29 is 4.74 Å². The average Bonchev–Trinajstić information content (AvgIpc) is 2.44. The molecule has 1 aromatic carbocycles. The van der Waals surface area contributed by atoms with Crippen LogP contribution in [0.5, 0.6) is 5.75 Å². The van der Waals surface area contributed by atoms with Gasteiger partial charge in [-0.1, -0.05) is 0 Å². The Bertz CT molecular complexity index is 532. The van der Waals surface area contributed by atoms with Gasteiger partial charge in [-0.3, -0.25) is 0 Å². The van der Waals surface area contributed by atoms with Crippen LogP contribution in [0.3, 0.4) is 0 Å². The third kappa shape index (κ3) is 2.52. The molecule has 1 N–H and O–H groups in total. The Balaban J connectivity index is 1.59. The maximum absolute atomic E-state index is 5.44. The summed E-state index contributed by atoms with van der Waals surface area (Å²) in [5, 5.41) is 3.85. The fourth-order valence-electron chi connectivity index (χ4n) is 5.14. The normalized spacial score (nSPS) is 36.8. The third-order valence-electron chi connectivity index (χ3n) is 5.79. The van der Waals surface area contributed by atoms with E-state index in [1.807, 2.05) is 0 Å². The number of halogens is 2. The molecule has 0 unspecified atom stereocenters. The number of hydrogen-bond acceptors (Lipinski definition) is 2. The molecular formula is C17H21Br2NO. The maximum Gasteiger partial charge on any atom is 0.135 e. The second-order valence-electron chi connectivity index (χ2n) is 7.07. The van der Waals surface area contributed by atoms with E-state index >= 15 is 0 Å².